The van der Waals surface area contributed by atoms with Gasteiger partial charge in [-0.25, -0.2) is 9.89 Å². The standard InChI is InChI=1S/C9H10N4O/c1-10-7-5-3-2-4-6(7)8-11-9(14)13-12-8/h2-5,10H,1H3,(H2,11,12,13,14). The summed E-state index contributed by atoms with van der Waals surface area (Å²) in [6.45, 7) is 0. The highest BCUT2D eigenvalue weighted by Crippen LogP contribution is 2.22. The third kappa shape index (κ3) is 1.39. The predicted octanol–water partition coefficient (Wildman–Crippen LogP) is 0.807. The van der Waals surface area contributed by atoms with E-state index in [0.29, 0.717) is 5.82 Å². The van der Waals surface area contributed by atoms with Crippen molar-refractivity contribution in [2.75, 3.05) is 12.4 Å². The van der Waals surface area contributed by atoms with E-state index in [1.807, 2.05) is 31.3 Å². The van der Waals surface area contributed by atoms with Crippen molar-refractivity contribution in [3.8, 4) is 11.4 Å². The van der Waals surface area contributed by atoms with Gasteiger partial charge < -0.3 is 5.32 Å². The van der Waals surface area contributed by atoms with Gasteiger partial charge in [0.25, 0.3) is 0 Å². The summed E-state index contributed by atoms with van der Waals surface area (Å²) in [4.78, 5) is 13.5. The number of hydrogen-bond donors (Lipinski definition) is 3. The van der Waals surface area contributed by atoms with Gasteiger partial charge in [-0.3, -0.25) is 4.98 Å². The molecular weight excluding hydrogens is 180 g/mol. The Hall–Kier alpha value is -2.04. The molecule has 0 aliphatic carbocycles. The monoisotopic (exact) mass is 190 g/mol. The zero-order chi connectivity index (χ0) is 9.97. The Kier molecular flexibility index (Phi) is 2.06. The molecule has 1 heterocycles. The Morgan fingerprint density at radius 3 is 2.79 bits per heavy atom. The van der Waals surface area contributed by atoms with Gasteiger partial charge in [0, 0.05) is 18.3 Å². The first-order valence-corrected chi connectivity index (χ1v) is 4.23. The number of nitrogens with zero attached hydrogens (tertiary/aromatic N) is 1. The number of hydrogen-bond acceptors (Lipinski definition) is 3. The summed E-state index contributed by atoms with van der Waals surface area (Å²) >= 11 is 0. The third-order valence-electron chi connectivity index (χ3n) is 1.95. The van der Waals surface area contributed by atoms with E-state index < -0.39 is 0 Å². The number of aromatic nitrogens is 3. The zero-order valence-electron chi connectivity index (χ0n) is 7.66. The Balaban J connectivity index is 2.55. The SMILES string of the molecule is CNc1ccccc1-c1n[nH]c(=O)[nH]1. The average molecular weight is 190 g/mol. The maximum absolute atomic E-state index is 10.9. The van der Waals surface area contributed by atoms with Crippen LogP contribution in [0.1, 0.15) is 0 Å². The van der Waals surface area contributed by atoms with Crippen molar-refractivity contribution < 1.29 is 0 Å². The first-order chi connectivity index (χ1) is 6.81. The second-order valence-corrected chi connectivity index (χ2v) is 2.82. The summed E-state index contributed by atoms with van der Waals surface area (Å²) in [6, 6.07) is 7.61. The molecule has 2 rings (SSSR count). The van der Waals surface area contributed by atoms with Gasteiger partial charge in [-0.1, -0.05) is 12.1 Å². The lowest BCUT2D eigenvalue weighted by Crippen LogP contribution is -2.00. The summed E-state index contributed by atoms with van der Waals surface area (Å²) < 4.78 is 0. The minimum Gasteiger partial charge on any atom is -0.388 e. The molecule has 5 heteroatoms. The largest absolute Gasteiger partial charge is 0.388 e. The number of H-pyrrole nitrogens is 2. The fraction of sp³-hybridized carbons (Fsp3) is 0.111. The predicted molar refractivity (Wildman–Crippen MR) is 54.2 cm³/mol. The highest BCUT2D eigenvalue weighted by atomic mass is 16.1. The van der Waals surface area contributed by atoms with Crippen LogP contribution in [-0.2, 0) is 0 Å². The van der Waals surface area contributed by atoms with Crippen LogP contribution in [0.15, 0.2) is 29.1 Å². The molecule has 5 nitrogen and oxygen atoms in total. The highest BCUT2D eigenvalue weighted by molar-refractivity contribution is 5.72. The summed E-state index contributed by atoms with van der Waals surface area (Å²) in [5.74, 6) is 0.542. The molecule has 3 N–H and O–H groups in total. The Labute approximate surface area is 80.2 Å². The van der Waals surface area contributed by atoms with Crippen LogP contribution < -0.4 is 11.0 Å². The molecule has 0 radical (unpaired) electrons. The van der Waals surface area contributed by atoms with E-state index in [4.69, 9.17) is 0 Å². The summed E-state index contributed by atoms with van der Waals surface area (Å²) in [7, 11) is 1.82. The number of rotatable bonds is 2. The van der Waals surface area contributed by atoms with Crippen molar-refractivity contribution in [3.05, 3.63) is 34.7 Å². The van der Waals surface area contributed by atoms with E-state index in [-0.39, 0.29) is 5.69 Å². The van der Waals surface area contributed by atoms with Crippen molar-refractivity contribution >= 4 is 5.69 Å². The molecule has 0 aliphatic rings. The molecule has 0 saturated carbocycles. The van der Waals surface area contributed by atoms with Gasteiger partial charge in [-0.15, -0.1) is 0 Å². The lowest BCUT2D eigenvalue weighted by Gasteiger charge is -2.04. The molecule has 1 aromatic carbocycles. The van der Waals surface area contributed by atoms with Gasteiger partial charge in [-0.05, 0) is 12.1 Å². The van der Waals surface area contributed by atoms with E-state index >= 15 is 0 Å². The van der Waals surface area contributed by atoms with Crippen molar-refractivity contribution in [2.24, 2.45) is 0 Å². The van der Waals surface area contributed by atoms with Crippen LogP contribution in [0.4, 0.5) is 5.69 Å². The second-order valence-electron chi connectivity index (χ2n) is 2.82. The minimum atomic E-state index is -0.300. The maximum Gasteiger partial charge on any atom is 0.340 e. The second kappa shape index (κ2) is 3.37. The minimum absolute atomic E-state index is 0.300. The Bertz CT molecular complexity index is 485. The van der Waals surface area contributed by atoms with Crippen molar-refractivity contribution in [1.29, 1.82) is 0 Å². The van der Waals surface area contributed by atoms with Crippen molar-refractivity contribution in [3.63, 3.8) is 0 Å². The molecule has 0 atom stereocenters. The number of para-hydroxylation sites is 1. The lowest BCUT2D eigenvalue weighted by atomic mass is 10.1. The quantitative estimate of drug-likeness (QED) is 0.656. The van der Waals surface area contributed by atoms with Crippen LogP contribution in [0, 0.1) is 0 Å². The summed E-state index contributed by atoms with van der Waals surface area (Å²) in [5.41, 5.74) is 1.49. The number of nitrogens with one attached hydrogen (secondary N) is 3. The van der Waals surface area contributed by atoms with E-state index in [2.05, 4.69) is 20.5 Å². The highest BCUT2D eigenvalue weighted by Gasteiger charge is 2.05. The van der Waals surface area contributed by atoms with Crippen LogP contribution in [-0.4, -0.2) is 22.2 Å². The van der Waals surface area contributed by atoms with Crippen LogP contribution in [0.25, 0.3) is 11.4 Å². The lowest BCUT2D eigenvalue weighted by molar-refractivity contribution is 1.05. The summed E-state index contributed by atoms with van der Waals surface area (Å²) in [5, 5.41) is 9.22. The van der Waals surface area contributed by atoms with E-state index in [1.165, 1.54) is 0 Å². The molecule has 14 heavy (non-hydrogen) atoms. The molecular formula is C9H10N4O. The molecule has 0 bridgehead atoms. The van der Waals surface area contributed by atoms with Gasteiger partial charge in [0.1, 0.15) is 0 Å². The van der Waals surface area contributed by atoms with Gasteiger partial charge in [0.05, 0.1) is 0 Å². The van der Waals surface area contributed by atoms with E-state index in [0.717, 1.165) is 11.3 Å². The van der Waals surface area contributed by atoms with Crippen molar-refractivity contribution in [1.82, 2.24) is 15.2 Å². The van der Waals surface area contributed by atoms with Crippen molar-refractivity contribution in [2.45, 2.75) is 0 Å². The molecule has 1 aromatic heterocycles. The molecule has 72 valence electrons. The molecule has 0 aliphatic heterocycles. The Morgan fingerprint density at radius 2 is 2.14 bits per heavy atom. The molecule has 0 spiro atoms. The van der Waals surface area contributed by atoms with Gasteiger partial charge in [-0.2, -0.15) is 5.10 Å². The molecule has 2 aromatic rings. The average Bonchev–Trinajstić information content (AvgIpc) is 2.65. The molecule has 0 saturated heterocycles. The van der Waals surface area contributed by atoms with Crippen LogP contribution in [0.3, 0.4) is 0 Å². The normalized spacial score (nSPS) is 10.1. The third-order valence-corrected chi connectivity index (χ3v) is 1.95. The zero-order valence-corrected chi connectivity index (χ0v) is 7.66. The Morgan fingerprint density at radius 1 is 1.36 bits per heavy atom. The maximum atomic E-state index is 10.9. The van der Waals surface area contributed by atoms with Crippen LogP contribution in [0.5, 0.6) is 0 Å². The molecule has 0 fully saturated rings. The fourth-order valence-corrected chi connectivity index (χ4v) is 1.31. The van der Waals surface area contributed by atoms with Gasteiger partial charge in [0.2, 0.25) is 0 Å². The van der Waals surface area contributed by atoms with Gasteiger partial charge in [0.15, 0.2) is 5.82 Å². The fourth-order valence-electron chi connectivity index (χ4n) is 1.31. The topological polar surface area (TPSA) is 73.6 Å². The number of anilines is 1. The molecule has 0 unspecified atom stereocenters. The van der Waals surface area contributed by atoms with E-state index in [9.17, 15) is 4.79 Å². The summed E-state index contributed by atoms with van der Waals surface area (Å²) in [6.07, 6.45) is 0. The first kappa shape index (κ1) is 8.55. The smallest absolute Gasteiger partial charge is 0.340 e. The van der Waals surface area contributed by atoms with Crippen LogP contribution >= 0.6 is 0 Å². The van der Waals surface area contributed by atoms with Gasteiger partial charge >= 0.3 is 5.69 Å². The van der Waals surface area contributed by atoms with E-state index in [1.54, 1.807) is 0 Å². The first-order valence-electron chi connectivity index (χ1n) is 4.23. The van der Waals surface area contributed by atoms with Crippen LogP contribution in [0.2, 0.25) is 0 Å². The number of aromatic amines is 2. The number of benzene rings is 1. The molecule has 0 amide bonds.